The molecular weight excluding hydrogens is 364 g/mol. The molecule has 1 aromatic rings. The lowest BCUT2D eigenvalue weighted by Gasteiger charge is -2.23. The number of aryl methyl sites for hydroxylation is 1. The minimum absolute atomic E-state index is 0.0386. The number of rotatable bonds is 6. The predicted molar refractivity (Wildman–Crippen MR) is 107 cm³/mol. The van der Waals surface area contributed by atoms with Crippen LogP contribution in [0.2, 0.25) is 5.02 Å². The SMILES string of the molecule is CO/N=C1/CCCc2c(C)cc(C(=O)/C(=C/N(C)C)C(=O)C3CC3)c(Cl)c21. The first-order valence-electron chi connectivity index (χ1n) is 9.24. The number of nitrogens with zero attached hydrogens (tertiary/aromatic N) is 2. The molecule has 0 amide bonds. The second-order valence-electron chi connectivity index (χ2n) is 7.46. The van der Waals surface area contributed by atoms with Crippen LogP contribution in [0, 0.1) is 12.8 Å². The van der Waals surface area contributed by atoms with E-state index in [1.165, 1.54) is 7.11 Å². The Morgan fingerprint density at radius 1 is 1.30 bits per heavy atom. The number of fused-ring (bicyclic) bond motifs is 1. The summed E-state index contributed by atoms with van der Waals surface area (Å²) < 4.78 is 0. The minimum Gasteiger partial charge on any atom is -0.399 e. The van der Waals surface area contributed by atoms with E-state index in [9.17, 15) is 9.59 Å². The van der Waals surface area contributed by atoms with Crippen molar-refractivity contribution >= 4 is 28.9 Å². The molecule has 6 heteroatoms. The van der Waals surface area contributed by atoms with E-state index in [0.29, 0.717) is 10.6 Å². The highest BCUT2D eigenvalue weighted by Gasteiger charge is 2.36. The van der Waals surface area contributed by atoms with Crippen molar-refractivity contribution in [3.63, 3.8) is 0 Å². The van der Waals surface area contributed by atoms with Gasteiger partial charge in [0.2, 0.25) is 0 Å². The molecule has 1 aromatic carbocycles. The van der Waals surface area contributed by atoms with Gasteiger partial charge in [0.15, 0.2) is 11.6 Å². The fourth-order valence-corrected chi connectivity index (χ4v) is 3.95. The number of allylic oxidation sites excluding steroid dienone is 1. The zero-order chi connectivity index (χ0) is 19.7. The first kappa shape index (κ1) is 19.6. The monoisotopic (exact) mass is 388 g/mol. The van der Waals surface area contributed by atoms with Crippen LogP contribution in [0.15, 0.2) is 23.0 Å². The summed E-state index contributed by atoms with van der Waals surface area (Å²) in [6.07, 6.45) is 5.90. The van der Waals surface area contributed by atoms with Crippen LogP contribution >= 0.6 is 11.6 Å². The Bertz CT molecular complexity index is 851. The van der Waals surface area contributed by atoms with E-state index < -0.39 is 0 Å². The van der Waals surface area contributed by atoms with Crippen molar-refractivity contribution in [2.24, 2.45) is 11.1 Å². The normalized spacial score (nSPS) is 18.3. The van der Waals surface area contributed by atoms with Crippen LogP contribution in [0.5, 0.6) is 0 Å². The van der Waals surface area contributed by atoms with Gasteiger partial charge < -0.3 is 9.74 Å². The molecule has 0 aromatic heterocycles. The van der Waals surface area contributed by atoms with Gasteiger partial charge in [0, 0.05) is 37.3 Å². The van der Waals surface area contributed by atoms with Gasteiger partial charge in [-0.2, -0.15) is 0 Å². The highest BCUT2D eigenvalue weighted by Crippen LogP contribution is 2.37. The maximum absolute atomic E-state index is 13.3. The molecule has 3 rings (SSSR count). The number of carbonyl (C=O) groups is 2. The van der Waals surface area contributed by atoms with E-state index in [4.69, 9.17) is 16.4 Å². The average molecular weight is 389 g/mol. The summed E-state index contributed by atoms with van der Waals surface area (Å²) in [6, 6.07) is 1.81. The first-order chi connectivity index (χ1) is 12.8. The zero-order valence-corrected chi connectivity index (χ0v) is 17.0. The summed E-state index contributed by atoms with van der Waals surface area (Å²) in [5.41, 5.74) is 4.20. The average Bonchev–Trinajstić information content (AvgIpc) is 3.47. The lowest BCUT2D eigenvalue weighted by atomic mass is 9.84. The number of hydrogen-bond donors (Lipinski definition) is 0. The third-order valence-electron chi connectivity index (χ3n) is 5.02. The molecule has 0 heterocycles. The molecule has 0 spiro atoms. The molecule has 5 nitrogen and oxygen atoms in total. The number of hydrogen-bond acceptors (Lipinski definition) is 5. The van der Waals surface area contributed by atoms with E-state index in [1.807, 2.05) is 13.0 Å². The van der Waals surface area contributed by atoms with Crippen molar-refractivity contribution in [3.05, 3.63) is 45.1 Å². The van der Waals surface area contributed by atoms with Gasteiger partial charge in [-0.15, -0.1) is 0 Å². The molecule has 2 aliphatic carbocycles. The van der Waals surface area contributed by atoms with Crippen LogP contribution in [0.25, 0.3) is 0 Å². The Morgan fingerprint density at radius 3 is 2.59 bits per heavy atom. The quantitative estimate of drug-likeness (QED) is 0.243. The number of benzene rings is 1. The van der Waals surface area contributed by atoms with Gasteiger partial charge in [0.1, 0.15) is 7.11 Å². The van der Waals surface area contributed by atoms with Gasteiger partial charge in [0.25, 0.3) is 0 Å². The van der Waals surface area contributed by atoms with Crippen LogP contribution in [-0.4, -0.2) is 43.4 Å². The molecule has 144 valence electrons. The maximum atomic E-state index is 13.3. The topological polar surface area (TPSA) is 59.0 Å². The van der Waals surface area contributed by atoms with Gasteiger partial charge in [-0.05, 0) is 56.2 Å². The van der Waals surface area contributed by atoms with Crippen molar-refractivity contribution in [1.29, 1.82) is 0 Å². The molecule has 0 radical (unpaired) electrons. The summed E-state index contributed by atoms with van der Waals surface area (Å²) in [5.74, 6) is -0.451. The second kappa shape index (κ2) is 7.85. The van der Waals surface area contributed by atoms with Crippen molar-refractivity contribution < 1.29 is 14.4 Å². The summed E-state index contributed by atoms with van der Waals surface area (Å²) >= 11 is 6.70. The van der Waals surface area contributed by atoms with Crippen molar-refractivity contribution in [3.8, 4) is 0 Å². The Kier molecular flexibility index (Phi) is 5.70. The number of carbonyl (C=O) groups excluding carboxylic acids is 2. The molecule has 0 aliphatic heterocycles. The van der Waals surface area contributed by atoms with E-state index in [2.05, 4.69) is 5.16 Å². The smallest absolute Gasteiger partial charge is 0.199 e. The maximum Gasteiger partial charge on any atom is 0.199 e. The summed E-state index contributed by atoms with van der Waals surface area (Å²) in [5, 5.41) is 4.49. The fourth-order valence-electron chi connectivity index (χ4n) is 3.58. The molecular formula is C21H25ClN2O3. The molecule has 0 unspecified atom stereocenters. The van der Waals surface area contributed by atoms with Crippen LogP contribution in [0.3, 0.4) is 0 Å². The van der Waals surface area contributed by atoms with E-state index in [1.54, 1.807) is 25.2 Å². The van der Waals surface area contributed by atoms with Crippen LogP contribution in [0.1, 0.15) is 52.7 Å². The summed E-state index contributed by atoms with van der Waals surface area (Å²) in [4.78, 5) is 32.7. The van der Waals surface area contributed by atoms with Gasteiger partial charge >= 0.3 is 0 Å². The Hall–Kier alpha value is -2.14. The minimum atomic E-state index is -0.321. The van der Waals surface area contributed by atoms with Crippen LogP contribution in [-0.2, 0) is 16.1 Å². The summed E-state index contributed by atoms with van der Waals surface area (Å²) in [7, 11) is 5.11. The number of ketones is 2. The van der Waals surface area contributed by atoms with E-state index in [0.717, 1.165) is 54.5 Å². The van der Waals surface area contributed by atoms with Gasteiger partial charge in [-0.3, -0.25) is 9.59 Å². The molecule has 0 saturated heterocycles. The first-order valence-corrected chi connectivity index (χ1v) is 9.62. The van der Waals surface area contributed by atoms with Crippen LogP contribution in [0.4, 0.5) is 0 Å². The predicted octanol–water partition coefficient (Wildman–Crippen LogP) is 3.94. The second-order valence-corrected chi connectivity index (χ2v) is 7.83. The van der Waals surface area contributed by atoms with Crippen molar-refractivity contribution in [2.75, 3.05) is 21.2 Å². The molecule has 1 saturated carbocycles. The highest BCUT2D eigenvalue weighted by atomic mass is 35.5. The fraction of sp³-hybridized carbons (Fsp3) is 0.476. The lowest BCUT2D eigenvalue weighted by Crippen LogP contribution is -2.21. The molecule has 1 fully saturated rings. The third kappa shape index (κ3) is 3.93. The number of halogens is 1. The van der Waals surface area contributed by atoms with Crippen molar-refractivity contribution in [2.45, 2.75) is 39.0 Å². The molecule has 0 bridgehead atoms. The third-order valence-corrected chi connectivity index (χ3v) is 5.41. The summed E-state index contributed by atoms with van der Waals surface area (Å²) in [6.45, 7) is 1.97. The molecule has 0 N–H and O–H groups in total. The number of Topliss-reactive ketones (excluding diaryl/α,β-unsaturated/α-hetero) is 2. The standard InChI is InChI=1S/C21H25ClN2O3/c1-12-10-15(19(22)18-14(12)6-5-7-17(18)23-27-4)21(26)16(11-24(2)3)20(25)13-8-9-13/h10-11,13H,5-9H2,1-4H3/b16-11+,23-17-. The van der Waals surface area contributed by atoms with Gasteiger partial charge in [0.05, 0.1) is 16.3 Å². The van der Waals surface area contributed by atoms with E-state index >= 15 is 0 Å². The van der Waals surface area contributed by atoms with Crippen molar-refractivity contribution in [1.82, 2.24) is 4.90 Å². The molecule has 27 heavy (non-hydrogen) atoms. The Morgan fingerprint density at radius 2 is 2.00 bits per heavy atom. The highest BCUT2D eigenvalue weighted by molar-refractivity contribution is 6.40. The Balaban J connectivity index is 2.12. The Labute approximate surface area is 165 Å². The van der Waals surface area contributed by atoms with Gasteiger partial charge in [-0.25, -0.2) is 0 Å². The van der Waals surface area contributed by atoms with Crippen LogP contribution < -0.4 is 0 Å². The largest absolute Gasteiger partial charge is 0.399 e. The molecule has 0 atom stereocenters. The molecule has 2 aliphatic rings. The van der Waals surface area contributed by atoms with E-state index in [-0.39, 0.29) is 23.1 Å². The number of oxime groups is 1. The van der Waals surface area contributed by atoms with Gasteiger partial charge in [-0.1, -0.05) is 16.8 Å². The lowest BCUT2D eigenvalue weighted by molar-refractivity contribution is -0.116. The zero-order valence-electron chi connectivity index (χ0n) is 16.3.